The van der Waals surface area contributed by atoms with Gasteiger partial charge in [-0.25, -0.2) is 9.99 Å². The molecule has 1 aromatic heterocycles. The lowest BCUT2D eigenvalue weighted by atomic mass is 10.1. The molecule has 4 nitrogen and oxygen atoms in total. The molecule has 0 fully saturated rings. The first-order valence-corrected chi connectivity index (χ1v) is 6.50. The van der Waals surface area contributed by atoms with Crippen LogP contribution in [0.3, 0.4) is 0 Å². The molecule has 120 valence electrons. The van der Waals surface area contributed by atoms with Gasteiger partial charge in [-0.1, -0.05) is 6.58 Å². The second-order valence-electron chi connectivity index (χ2n) is 4.50. The van der Waals surface area contributed by atoms with Gasteiger partial charge in [0.25, 0.3) is 0 Å². The number of ether oxygens (including phenoxy) is 1. The summed E-state index contributed by atoms with van der Waals surface area (Å²) in [7, 11) is 1.52. The number of anilines is 1. The van der Waals surface area contributed by atoms with Crippen molar-refractivity contribution in [3.8, 4) is 5.75 Å². The number of methoxy groups -OCH3 is 1. The van der Waals surface area contributed by atoms with Crippen LogP contribution < -0.4 is 9.75 Å². The average molecular weight is 321 g/mol. The zero-order valence-corrected chi connectivity index (χ0v) is 12.3. The van der Waals surface area contributed by atoms with Gasteiger partial charge in [0.2, 0.25) is 0 Å². The quantitative estimate of drug-likeness (QED) is 0.612. The molecule has 23 heavy (non-hydrogen) atoms. The minimum atomic E-state index is -4.56. The van der Waals surface area contributed by atoms with Gasteiger partial charge < -0.3 is 4.74 Å². The molecule has 0 N–H and O–H groups in total. The lowest BCUT2D eigenvalue weighted by molar-refractivity contribution is -0.137. The molecule has 0 spiro atoms. The third kappa shape index (κ3) is 3.50. The molecule has 0 aliphatic carbocycles. The molecule has 7 heteroatoms. The van der Waals surface area contributed by atoms with Crippen molar-refractivity contribution in [3.05, 3.63) is 60.3 Å². The Morgan fingerprint density at radius 2 is 1.87 bits per heavy atom. The van der Waals surface area contributed by atoms with Crippen molar-refractivity contribution < 1.29 is 17.9 Å². The predicted octanol–water partition coefficient (Wildman–Crippen LogP) is 4.20. The Balaban J connectivity index is 2.43. The summed E-state index contributed by atoms with van der Waals surface area (Å²) in [4.78, 5) is 3.78. The van der Waals surface area contributed by atoms with Crippen LogP contribution in [0.2, 0.25) is 0 Å². The van der Waals surface area contributed by atoms with Crippen LogP contribution in [0.25, 0.3) is 5.70 Å². The highest BCUT2D eigenvalue weighted by Gasteiger charge is 2.36. The van der Waals surface area contributed by atoms with Crippen molar-refractivity contribution in [1.29, 1.82) is 0 Å². The summed E-state index contributed by atoms with van der Waals surface area (Å²) < 4.78 is 44.4. The number of pyridine rings is 1. The Hall–Kier alpha value is -2.83. The third-order valence-corrected chi connectivity index (χ3v) is 3.11. The average Bonchev–Trinajstić information content (AvgIpc) is 2.55. The van der Waals surface area contributed by atoms with E-state index in [9.17, 15) is 13.2 Å². The van der Waals surface area contributed by atoms with Gasteiger partial charge in [0.15, 0.2) is 5.82 Å². The van der Waals surface area contributed by atoms with E-state index in [1.807, 2.05) is 0 Å². The van der Waals surface area contributed by atoms with Crippen LogP contribution >= 0.6 is 0 Å². The van der Waals surface area contributed by atoms with Crippen LogP contribution in [0.15, 0.2) is 54.3 Å². The lowest BCUT2D eigenvalue weighted by Crippen LogP contribution is -2.20. The van der Waals surface area contributed by atoms with Crippen molar-refractivity contribution in [3.63, 3.8) is 0 Å². The van der Waals surface area contributed by atoms with E-state index in [-0.39, 0.29) is 11.5 Å². The van der Waals surface area contributed by atoms with Crippen molar-refractivity contribution in [2.75, 3.05) is 12.1 Å². The topological polar surface area (TPSA) is 37.7 Å². The highest BCUT2D eigenvalue weighted by Crippen LogP contribution is 2.37. The number of aromatic nitrogens is 1. The first kappa shape index (κ1) is 16.5. The smallest absolute Gasteiger partial charge is 0.420 e. The Kier molecular flexibility index (Phi) is 4.68. The van der Waals surface area contributed by atoms with Gasteiger partial charge in [-0.15, -0.1) is 0 Å². The number of alkyl halides is 3. The number of nitrogens with zero attached hydrogens (tertiary/aromatic N) is 3. The summed E-state index contributed by atoms with van der Waals surface area (Å²) >= 11 is 0. The highest BCUT2D eigenvalue weighted by atomic mass is 19.4. The van der Waals surface area contributed by atoms with Gasteiger partial charge in [-0.3, -0.25) is 0 Å². The Bertz CT molecular complexity index is 711. The predicted molar refractivity (Wildman–Crippen MR) is 83.3 cm³/mol. The summed E-state index contributed by atoms with van der Waals surface area (Å²) in [5.74, 6) is 0.240. The summed E-state index contributed by atoms with van der Waals surface area (Å²) in [5, 5.41) is 4.60. The minimum absolute atomic E-state index is 0.215. The highest BCUT2D eigenvalue weighted by molar-refractivity contribution is 5.78. The Morgan fingerprint density at radius 3 is 2.39 bits per heavy atom. The summed E-state index contributed by atoms with van der Waals surface area (Å²) in [5.41, 5.74) is -0.133. The molecule has 0 aliphatic heterocycles. The standard InChI is InChI=1S/C16H14F3N3O/c1-11(12-6-8-13(23-3)9-7-12)22(20-2)15-14(16(17,18)19)5-4-10-21-15/h4-10H,1-2H2,3H3. The Labute approximate surface area is 131 Å². The largest absolute Gasteiger partial charge is 0.497 e. The second kappa shape index (κ2) is 6.51. The molecule has 2 rings (SSSR count). The van der Waals surface area contributed by atoms with Gasteiger partial charge in [0.05, 0.1) is 12.8 Å². The van der Waals surface area contributed by atoms with E-state index in [1.165, 1.54) is 19.4 Å². The van der Waals surface area contributed by atoms with Gasteiger partial charge in [-0.05, 0) is 42.0 Å². The normalized spacial score (nSPS) is 11.0. The molecule has 0 atom stereocenters. The fourth-order valence-electron chi connectivity index (χ4n) is 1.97. The van der Waals surface area contributed by atoms with Crippen molar-refractivity contribution in [1.82, 2.24) is 4.98 Å². The van der Waals surface area contributed by atoms with Gasteiger partial charge in [-0.2, -0.15) is 18.3 Å². The maximum Gasteiger partial charge on any atom is 0.420 e. The molecule has 0 saturated carbocycles. The second-order valence-corrected chi connectivity index (χ2v) is 4.50. The van der Waals surface area contributed by atoms with Crippen LogP contribution in [0, 0.1) is 0 Å². The molecular weight excluding hydrogens is 307 g/mol. The molecule has 0 unspecified atom stereocenters. The molecular formula is C16H14F3N3O. The van der Waals surface area contributed by atoms with Crippen LogP contribution in [0.4, 0.5) is 19.0 Å². The van der Waals surface area contributed by atoms with Crippen molar-refractivity contribution >= 4 is 18.2 Å². The van der Waals surface area contributed by atoms with E-state index >= 15 is 0 Å². The molecule has 0 radical (unpaired) electrons. The van der Waals surface area contributed by atoms with Crippen molar-refractivity contribution in [2.45, 2.75) is 6.18 Å². The number of halogens is 3. The number of benzene rings is 1. The summed E-state index contributed by atoms with van der Waals surface area (Å²) in [6.07, 6.45) is -3.31. The zero-order chi connectivity index (χ0) is 17.0. The van der Waals surface area contributed by atoms with Crippen LogP contribution in [-0.4, -0.2) is 18.8 Å². The number of rotatable bonds is 5. The molecule has 1 aromatic carbocycles. The lowest BCUT2D eigenvalue weighted by Gasteiger charge is -2.23. The van der Waals surface area contributed by atoms with Crippen LogP contribution in [0.1, 0.15) is 11.1 Å². The summed E-state index contributed by atoms with van der Waals surface area (Å²) in [6.45, 7) is 7.12. The fraction of sp³-hybridized carbons (Fsp3) is 0.125. The maximum atomic E-state index is 13.1. The minimum Gasteiger partial charge on any atom is -0.497 e. The molecule has 1 heterocycles. The van der Waals surface area contributed by atoms with E-state index in [1.54, 1.807) is 24.3 Å². The monoisotopic (exact) mass is 321 g/mol. The fourth-order valence-corrected chi connectivity index (χ4v) is 1.97. The molecule has 0 aliphatic rings. The number of hydrazone groups is 1. The molecule has 0 amide bonds. The first-order chi connectivity index (χ1) is 10.9. The van der Waals surface area contributed by atoms with Gasteiger partial charge in [0.1, 0.15) is 11.3 Å². The van der Waals surface area contributed by atoms with E-state index in [2.05, 4.69) is 23.4 Å². The zero-order valence-electron chi connectivity index (χ0n) is 12.3. The van der Waals surface area contributed by atoms with E-state index < -0.39 is 11.7 Å². The van der Waals surface area contributed by atoms with E-state index in [0.29, 0.717) is 11.3 Å². The van der Waals surface area contributed by atoms with E-state index in [4.69, 9.17) is 4.74 Å². The number of hydrogen-bond donors (Lipinski definition) is 0. The van der Waals surface area contributed by atoms with Gasteiger partial charge in [0, 0.05) is 12.9 Å². The molecule has 0 saturated heterocycles. The summed E-state index contributed by atoms with van der Waals surface area (Å²) in [6, 6.07) is 8.81. The SMILES string of the molecule is C=NN(C(=C)c1ccc(OC)cc1)c1ncccc1C(F)(F)F. The Morgan fingerprint density at radius 1 is 1.22 bits per heavy atom. The first-order valence-electron chi connectivity index (χ1n) is 6.50. The number of hydrogen-bond acceptors (Lipinski definition) is 4. The van der Waals surface area contributed by atoms with Gasteiger partial charge >= 0.3 is 6.18 Å². The van der Waals surface area contributed by atoms with Crippen LogP contribution in [-0.2, 0) is 6.18 Å². The maximum absolute atomic E-state index is 13.1. The van der Waals surface area contributed by atoms with Crippen molar-refractivity contribution in [2.24, 2.45) is 5.10 Å². The molecule has 0 bridgehead atoms. The van der Waals surface area contributed by atoms with Crippen LogP contribution in [0.5, 0.6) is 5.75 Å². The third-order valence-electron chi connectivity index (χ3n) is 3.11. The van der Waals surface area contributed by atoms with E-state index in [0.717, 1.165) is 11.1 Å². The molecule has 2 aromatic rings.